The molecule has 2 atom stereocenters. The van der Waals surface area contributed by atoms with Crippen LogP contribution < -0.4 is 0 Å². The average molecular weight is 296 g/mol. The molecule has 0 radical (unpaired) electrons. The van der Waals surface area contributed by atoms with Crippen molar-refractivity contribution >= 4 is 33.2 Å². The molecule has 5 heteroatoms. The maximum Gasteiger partial charge on any atom is 0.145 e. The van der Waals surface area contributed by atoms with Crippen molar-refractivity contribution in [3.63, 3.8) is 0 Å². The topological polar surface area (TPSA) is 29.0 Å². The summed E-state index contributed by atoms with van der Waals surface area (Å²) in [6, 6.07) is 3.19. The zero-order valence-corrected chi connectivity index (χ0v) is 12.8. The van der Waals surface area contributed by atoms with Crippen molar-refractivity contribution < 1.29 is 0 Å². The number of likely N-dealkylation sites (tertiary alicyclic amines) is 1. The SMILES string of the molecule is CC1CCCC(C)N1Cc1nc(Cl)c2ccsc2n1. The van der Waals surface area contributed by atoms with Gasteiger partial charge >= 0.3 is 0 Å². The highest BCUT2D eigenvalue weighted by atomic mass is 35.5. The lowest BCUT2D eigenvalue weighted by Gasteiger charge is -2.38. The van der Waals surface area contributed by atoms with Gasteiger partial charge in [0.2, 0.25) is 0 Å². The number of hydrogen-bond donors (Lipinski definition) is 0. The van der Waals surface area contributed by atoms with E-state index in [9.17, 15) is 0 Å². The Morgan fingerprint density at radius 1 is 1.32 bits per heavy atom. The lowest BCUT2D eigenvalue weighted by molar-refractivity contribution is 0.0924. The smallest absolute Gasteiger partial charge is 0.145 e. The van der Waals surface area contributed by atoms with Crippen molar-refractivity contribution in [2.75, 3.05) is 0 Å². The molecule has 1 aliphatic rings. The highest BCUT2D eigenvalue weighted by molar-refractivity contribution is 7.16. The molecule has 0 spiro atoms. The molecule has 0 aromatic carbocycles. The van der Waals surface area contributed by atoms with Gasteiger partial charge in [0.25, 0.3) is 0 Å². The standard InChI is InChI=1S/C14H18ClN3S/c1-9-4-3-5-10(2)18(9)8-12-16-13(15)11-6-7-19-14(11)17-12/h6-7,9-10H,3-5,8H2,1-2H3. The summed E-state index contributed by atoms with van der Waals surface area (Å²) in [5.41, 5.74) is 0. The van der Waals surface area contributed by atoms with E-state index in [0.717, 1.165) is 22.6 Å². The highest BCUT2D eigenvalue weighted by Gasteiger charge is 2.25. The highest BCUT2D eigenvalue weighted by Crippen LogP contribution is 2.27. The fraction of sp³-hybridized carbons (Fsp3) is 0.571. The van der Waals surface area contributed by atoms with Gasteiger partial charge in [-0.2, -0.15) is 0 Å². The minimum atomic E-state index is 0.582. The number of piperidine rings is 1. The van der Waals surface area contributed by atoms with Gasteiger partial charge in [0.1, 0.15) is 15.8 Å². The summed E-state index contributed by atoms with van der Waals surface area (Å²) in [6.45, 7) is 5.39. The average Bonchev–Trinajstić information content (AvgIpc) is 2.83. The monoisotopic (exact) mass is 295 g/mol. The largest absolute Gasteiger partial charge is 0.291 e. The first-order valence-corrected chi connectivity index (χ1v) is 8.06. The van der Waals surface area contributed by atoms with Crippen LogP contribution in [0, 0.1) is 0 Å². The van der Waals surface area contributed by atoms with Crippen LogP contribution in [-0.2, 0) is 6.54 Å². The Morgan fingerprint density at radius 2 is 2.05 bits per heavy atom. The van der Waals surface area contributed by atoms with Crippen LogP contribution in [0.3, 0.4) is 0 Å². The van der Waals surface area contributed by atoms with Crippen molar-refractivity contribution in [2.24, 2.45) is 0 Å². The minimum absolute atomic E-state index is 0.582. The number of rotatable bonds is 2. The van der Waals surface area contributed by atoms with Gasteiger partial charge in [-0.05, 0) is 38.1 Å². The molecule has 2 unspecified atom stereocenters. The predicted molar refractivity (Wildman–Crippen MR) is 80.7 cm³/mol. The second-order valence-corrected chi connectivity index (χ2v) is 6.62. The molecule has 0 aliphatic carbocycles. The Balaban J connectivity index is 1.87. The summed E-state index contributed by atoms with van der Waals surface area (Å²) in [6.07, 6.45) is 3.85. The number of thiophene rings is 1. The molecule has 102 valence electrons. The summed E-state index contributed by atoms with van der Waals surface area (Å²) < 4.78 is 0. The van der Waals surface area contributed by atoms with E-state index in [-0.39, 0.29) is 0 Å². The Kier molecular flexibility index (Phi) is 3.74. The molecule has 0 N–H and O–H groups in total. The van der Waals surface area contributed by atoms with E-state index < -0.39 is 0 Å². The number of halogens is 1. The number of aromatic nitrogens is 2. The zero-order chi connectivity index (χ0) is 13.4. The van der Waals surface area contributed by atoms with Gasteiger partial charge in [-0.25, -0.2) is 9.97 Å². The molecular weight excluding hydrogens is 278 g/mol. The van der Waals surface area contributed by atoms with Crippen molar-refractivity contribution in [2.45, 2.75) is 51.7 Å². The van der Waals surface area contributed by atoms with Gasteiger partial charge < -0.3 is 0 Å². The van der Waals surface area contributed by atoms with Gasteiger partial charge in [-0.3, -0.25) is 4.90 Å². The van der Waals surface area contributed by atoms with Crippen molar-refractivity contribution in [1.82, 2.24) is 14.9 Å². The molecule has 2 aromatic rings. The Labute approximate surface area is 122 Å². The molecule has 0 saturated carbocycles. The molecule has 1 aliphatic heterocycles. The van der Waals surface area contributed by atoms with Crippen LogP contribution in [0.2, 0.25) is 5.15 Å². The maximum absolute atomic E-state index is 6.23. The summed E-state index contributed by atoms with van der Waals surface area (Å²) in [5.74, 6) is 0.848. The molecular formula is C14H18ClN3S. The predicted octanol–water partition coefficient (Wildman–Crippen LogP) is 4.11. The minimum Gasteiger partial charge on any atom is -0.291 e. The molecule has 1 fully saturated rings. The van der Waals surface area contributed by atoms with Gasteiger partial charge in [0.15, 0.2) is 0 Å². The Bertz CT molecular complexity index is 573. The van der Waals surface area contributed by atoms with Crippen LogP contribution >= 0.6 is 22.9 Å². The number of nitrogens with zero attached hydrogens (tertiary/aromatic N) is 3. The van der Waals surface area contributed by atoms with Crippen LogP contribution in [0.25, 0.3) is 10.2 Å². The van der Waals surface area contributed by atoms with Crippen LogP contribution in [0.15, 0.2) is 11.4 Å². The number of hydrogen-bond acceptors (Lipinski definition) is 4. The van der Waals surface area contributed by atoms with Crippen LogP contribution in [0.4, 0.5) is 0 Å². The van der Waals surface area contributed by atoms with Gasteiger partial charge in [-0.15, -0.1) is 11.3 Å². The van der Waals surface area contributed by atoms with Crippen molar-refractivity contribution in [3.05, 3.63) is 22.4 Å². The van der Waals surface area contributed by atoms with Gasteiger partial charge in [0, 0.05) is 17.5 Å². The summed E-state index contributed by atoms with van der Waals surface area (Å²) >= 11 is 7.86. The second-order valence-electron chi connectivity index (χ2n) is 5.37. The number of fused-ring (bicyclic) bond motifs is 1. The third kappa shape index (κ3) is 2.62. The summed E-state index contributed by atoms with van der Waals surface area (Å²) in [5, 5.41) is 3.56. The normalized spacial score (nSPS) is 25.0. The molecule has 3 rings (SSSR count). The van der Waals surface area contributed by atoms with E-state index in [1.54, 1.807) is 11.3 Å². The molecule has 3 heterocycles. The van der Waals surface area contributed by atoms with Crippen LogP contribution in [-0.4, -0.2) is 27.0 Å². The Hall–Kier alpha value is -0.710. The van der Waals surface area contributed by atoms with Crippen molar-refractivity contribution in [3.8, 4) is 0 Å². The molecule has 0 bridgehead atoms. The van der Waals surface area contributed by atoms with E-state index in [0.29, 0.717) is 17.2 Å². The van der Waals surface area contributed by atoms with Gasteiger partial charge in [-0.1, -0.05) is 18.0 Å². The third-order valence-corrected chi connectivity index (χ3v) is 5.12. The molecule has 1 saturated heterocycles. The first kappa shape index (κ1) is 13.3. The quantitative estimate of drug-likeness (QED) is 0.781. The first-order valence-electron chi connectivity index (χ1n) is 6.80. The van der Waals surface area contributed by atoms with Crippen LogP contribution in [0.1, 0.15) is 38.9 Å². The molecule has 19 heavy (non-hydrogen) atoms. The third-order valence-electron chi connectivity index (χ3n) is 4.02. The lowest BCUT2D eigenvalue weighted by atomic mass is 9.97. The fourth-order valence-corrected chi connectivity index (χ4v) is 3.97. The van der Waals surface area contributed by atoms with E-state index in [1.807, 2.05) is 11.4 Å². The van der Waals surface area contributed by atoms with E-state index >= 15 is 0 Å². The van der Waals surface area contributed by atoms with E-state index in [4.69, 9.17) is 11.6 Å². The lowest BCUT2D eigenvalue weighted by Crippen LogP contribution is -2.43. The zero-order valence-electron chi connectivity index (χ0n) is 11.3. The van der Waals surface area contributed by atoms with Crippen LogP contribution in [0.5, 0.6) is 0 Å². The molecule has 3 nitrogen and oxygen atoms in total. The maximum atomic E-state index is 6.23. The van der Waals surface area contributed by atoms with E-state index in [1.165, 1.54) is 19.3 Å². The summed E-state index contributed by atoms with van der Waals surface area (Å²) in [7, 11) is 0. The molecule has 0 amide bonds. The Morgan fingerprint density at radius 3 is 2.79 bits per heavy atom. The van der Waals surface area contributed by atoms with Gasteiger partial charge in [0.05, 0.1) is 6.54 Å². The van der Waals surface area contributed by atoms with Crippen molar-refractivity contribution in [1.29, 1.82) is 0 Å². The first-order chi connectivity index (χ1) is 9.15. The molecule has 2 aromatic heterocycles. The fourth-order valence-electron chi connectivity index (χ4n) is 2.88. The van der Waals surface area contributed by atoms with E-state index in [2.05, 4.69) is 28.7 Å². The second kappa shape index (κ2) is 5.35. The summed E-state index contributed by atoms with van der Waals surface area (Å²) in [4.78, 5) is 12.6.